The molecule has 94 valence electrons. The molecule has 0 saturated carbocycles. The van der Waals surface area contributed by atoms with Gasteiger partial charge in [-0.2, -0.15) is 9.92 Å². The number of hydrogen-bond acceptors (Lipinski definition) is 7. The summed E-state index contributed by atoms with van der Waals surface area (Å²) in [4.78, 5) is 24.2. The van der Waals surface area contributed by atoms with Crippen molar-refractivity contribution in [2.24, 2.45) is 0 Å². The molecule has 0 radical (unpaired) electrons. The Morgan fingerprint density at radius 2 is 2.39 bits per heavy atom. The molecule has 0 atom stereocenters. The summed E-state index contributed by atoms with van der Waals surface area (Å²) < 4.78 is 1.04. The van der Waals surface area contributed by atoms with E-state index in [0.29, 0.717) is 18.3 Å². The van der Waals surface area contributed by atoms with Gasteiger partial charge >= 0.3 is 0 Å². The molecule has 0 unspecified atom stereocenters. The van der Waals surface area contributed by atoms with E-state index in [0.717, 1.165) is 9.35 Å². The first-order valence-electron chi connectivity index (χ1n) is 5.01. The van der Waals surface area contributed by atoms with Gasteiger partial charge in [-0.3, -0.25) is 9.78 Å². The largest absolute Gasteiger partial charge is 0.351 e. The maximum Gasteiger partial charge on any atom is 0.280 e. The highest BCUT2D eigenvalue weighted by Gasteiger charge is 2.17. The van der Waals surface area contributed by atoms with E-state index in [4.69, 9.17) is 4.94 Å². The molecule has 1 aliphatic rings. The summed E-state index contributed by atoms with van der Waals surface area (Å²) in [7, 11) is 0. The molecule has 3 heterocycles. The van der Waals surface area contributed by atoms with Gasteiger partial charge in [-0.1, -0.05) is 0 Å². The van der Waals surface area contributed by atoms with Gasteiger partial charge in [0.25, 0.3) is 5.56 Å². The van der Waals surface area contributed by atoms with Gasteiger partial charge in [0.05, 0.1) is 6.54 Å². The monoisotopic (exact) mass is 329 g/mol. The van der Waals surface area contributed by atoms with Gasteiger partial charge in [-0.25, -0.2) is 11.0 Å². The summed E-state index contributed by atoms with van der Waals surface area (Å²) in [5.74, 6) is 0.761. The zero-order valence-electron chi connectivity index (χ0n) is 8.91. The number of H-pyrrole nitrogens is 1. The predicted octanol–water partition coefficient (Wildman–Crippen LogP) is 1.89. The fourth-order valence-corrected chi connectivity index (χ4v) is 2.86. The van der Waals surface area contributed by atoms with E-state index in [2.05, 4.69) is 42.2 Å². The molecule has 0 spiro atoms. The minimum Gasteiger partial charge on any atom is -0.351 e. The molecule has 0 fully saturated rings. The zero-order valence-corrected chi connectivity index (χ0v) is 11.3. The molecule has 0 aliphatic carbocycles. The van der Waals surface area contributed by atoms with Crippen LogP contribution in [0, 0.1) is 0 Å². The first-order valence-corrected chi connectivity index (χ1v) is 6.68. The van der Waals surface area contributed by atoms with Gasteiger partial charge in [0.15, 0.2) is 11.5 Å². The van der Waals surface area contributed by atoms with E-state index in [-0.39, 0.29) is 11.2 Å². The van der Waals surface area contributed by atoms with Crippen molar-refractivity contribution in [1.29, 1.82) is 0 Å². The second-order valence-corrected chi connectivity index (χ2v) is 5.44. The topological polar surface area (TPSA) is 91.1 Å². The van der Waals surface area contributed by atoms with Gasteiger partial charge in [-0.05, 0) is 22.0 Å². The maximum atomic E-state index is 11.6. The SMILES string of the molecule is O=c1[nH]c(NCc2cc(Br)cs2)nc2c1NON2. The van der Waals surface area contributed by atoms with Crippen LogP contribution in [0.4, 0.5) is 17.5 Å². The Morgan fingerprint density at radius 1 is 1.50 bits per heavy atom. The van der Waals surface area contributed by atoms with Gasteiger partial charge in [0.1, 0.15) is 0 Å². The third-order valence-corrected chi connectivity index (χ3v) is 3.97. The van der Waals surface area contributed by atoms with Crippen molar-refractivity contribution in [3.63, 3.8) is 0 Å². The van der Waals surface area contributed by atoms with Crippen molar-refractivity contribution in [2.45, 2.75) is 6.54 Å². The van der Waals surface area contributed by atoms with Crippen LogP contribution in [0.5, 0.6) is 0 Å². The number of thiophene rings is 1. The number of nitrogens with zero attached hydrogens (tertiary/aromatic N) is 1. The molecule has 18 heavy (non-hydrogen) atoms. The summed E-state index contributed by atoms with van der Waals surface area (Å²) in [5, 5.41) is 5.04. The maximum absolute atomic E-state index is 11.6. The van der Waals surface area contributed by atoms with Crippen molar-refractivity contribution >= 4 is 44.7 Å². The van der Waals surface area contributed by atoms with E-state index in [1.54, 1.807) is 11.3 Å². The lowest BCUT2D eigenvalue weighted by atomic mass is 10.4. The number of hydrogen-bond donors (Lipinski definition) is 4. The van der Waals surface area contributed by atoms with E-state index >= 15 is 0 Å². The fourth-order valence-electron chi connectivity index (χ4n) is 1.47. The molecule has 7 nitrogen and oxygen atoms in total. The molecule has 0 saturated heterocycles. The van der Waals surface area contributed by atoms with Gasteiger partial charge < -0.3 is 5.32 Å². The number of rotatable bonds is 3. The Hall–Kier alpha value is -1.58. The Bertz CT molecular complexity index is 640. The van der Waals surface area contributed by atoms with Crippen LogP contribution < -0.4 is 21.8 Å². The van der Waals surface area contributed by atoms with Crippen LogP contribution in [-0.4, -0.2) is 9.97 Å². The first kappa shape index (κ1) is 11.5. The Morgan fingerprint density at radius 3 is 3.17 bits per heavy atom. The van der Waals surface area contributed by atoms with Gasteiger partial charge in [0, 0.05) is 14.7 Å². The molecule has 9 heteroatoms. The Labute approximate surface area is 114 Å². The van der Waals surface area contributed by atoms with Crippen LogP contribution >= 0.6 is 27.3 Å². The van der Waals surface area contributed by atoms with E-state index in [1.807, 2.05) is 11.4 Å². The number of anilines is 3. The summed E-state index contributed by atoms with van der Waals surface area (Å²) in [6.45, 7) is 0.590. The molecular weight excluding hydrogens is 322 g/mol. The van der Waals surface area contributed by atoms with Crippen LogP contribution in [0.25, 0.3) is 0 Å². The van der Waals surface area contributed by atoms with E-state index in [1.165, 1.54) is 0 Å². The van der Waals surface area contributed by atoms with Crippen LogP contribution in [0.2, 0.25) is 0 Å². The van der Waals surface area contributed by atoms with Gasteiger partial charge in [0.2, 0.25) is 5.95 Å². The molecule has 1 aliphatic heterocycles. The number of fused-ring (bicyclic) bond motifs is 1. The lowest BCUT2D eigenvalue weighted by molar-refractivity contribution is 0.281. The highest BCUT2D eigenvalue weighted by atomic mass is 79.9. The van der Waals surface area contributed by atoms with Crippen molar-refractivity contribution in [2.75, 3.05) is 16.3 Å². The normalized spacial score (nSPS) is 12.7. The quantitative estimate of drug-likeness (QED) is 0.687. The molecule has 0 amide bonds. The second-order valence-electron chi connectivity index (χ2n) is 3.53. The minimum absolute atomic E-state index is 0.277. The van der Waals surface area contributed by atoms with Crippen molar-refractivity contribution in [1.82, 2.24) is 9.97 Å². The smallest absolute Gasteiger partial charge is 0.280 e. The average molecular weight is 330 g/mol. The van der Waals surface area contributed by atoms with E-state index < -0.39 is 0 Å². The lowest BCUT2D eigenvalue weighted by Crippen LogP contribution is -2.14. The summed E-state index contributed by atoms with van der Waals surface area (Å²) in [6, 6.07) is 2.01. The average Bonchev–Trinajstić information content (AvgIpc) is 2.95. The second kappa shape index (κ2) is 4.59. The Kier molecular flexibility index (Phi) is 2.94. The van der Waals surface area contributed by atoms with Gasteiger partial charge in [-0.15, -0.1) is 11.3 Å². The summed E-state index contributed by atoms with van der Waals surface area (Å²) in [6.07, 6.45) is 0. The number of aromatic amines is 1. The molecule has 2 aromatic heterocycles. The molecule has 0 aromatic carbocycles. The molecule has 2 aromatic rings. The zero-order chi connectivity index (χ0) is 12.5. The first-order chi connectivity index (χ1) is 8.72. The highest BCUT2D eigenvalue weighted by molar-refractivity contribution is 9.10. The lowest BCUT2D eigenvalue weighted by Gasteiger charge is -2.04. The molecular formula is C9H8BrN5O2S. The summed E-state index contributed by atoms with van der Waals surface area (Å²) in [5.41, 5.74) is 4.91. The van der Waals surface area contributed by atoms with Crippen LogP contribution in [0.15, 0.2) is 20.7 Å². The highest BCUT2D eigenvalue weighted by Crippen LogP contribution is 2.22. The number of nitrogens with one attached hydrogen (secondary N) is 4. The Balaban J connectivity index is 1.77. The third-order valence-electron chi connectivity index (χ3n) is 2.27. The number of halogens is 1. The standard InChI is InChI=1S/C9H8BrN5O2S/c10-4-1-5(18-3-4)2-11-9-12-7-6(8(16)13-9)14-17-15-7/h1,3,14H,2H2,(H3,11,12,13,15,16). The predicted molar refractivity (Wildman–Crippen MR) is 72.5 cm³/mol. The van der Waals surface area contributed by atoms with Crippen LogP contribution in [0.3, 0.4) is 0 Å². The van der Waals surface area contributed by atoms with Crippen molar-refractivity contribution in [3.05, 3.63) is 31.2 Å². The van der Waals surface area contributed by atoms with Crippen molar-refractivity contribution < 1.29 is 4.94 Å². The third kappa shape index (κ3) is 2.19. The fraction of sp³-hybridized carbons (Fsp3) is 0.111. The number of aromatic nitrogens is 2. The summed E-state index contributed by atoms with van der Waals surface area (Å²) >= 11 is 5.00. The molecule has 0 bridgehead atoms. The van der Waals surface area contributed by atoms with Crippen molar-refractivity contribution in [3.8, 4) is 0 Å². The molecule has 4 N–H and O–H groups in total. The molecule has 3 rings (SSSR count). The van der Waals surface area contributed by atoms with E-state index in [9.17, 15) is 4.79 Å². The van der Waals surface area contributed by atoms with Crippen LogP contribution in [0.1, 0.15) is 4.88 Å². The van der Waals surface area contributed by atoms with Crippen LogP contribution in [-0.2, 0) is 11.5 Å². The minimum atomic E-state index is -0.292.